The van der Waals surface area contributed by atoms with Crippen LogP contribution in [0.3, 0.4) is 0 Å². The third-order valence-corrected chi connectivity index (χ3v) is 3.48. The summed E-state index contributed by atoms with van der Waals surface area (Å²) >= 11 is 5.84. The topological polar surface area (TPSA) is 34.6 Å². The second-order valence-corrected chi connectivity index (χ2v) is 5.54. The predicted molar refractivity (Wildman–Crippen MR) is 88.7 cm³/mol. The Morgan fingerprint density at radius 3 is 2.55 bits per heavy atom. The van der Waals surface area contributed by atoms with Gasteiger partial charge in [-0.25, -0.2) is 4.98 Å². The van der Waals surface area contributed by atoms with Gasteiger partial charge in [-0.1, -0.05) is 17.7 Å². The number of methoxy groups -OCH3 is 1. The molecule has 1 aromatic heterocycles. The third-order valence-electron chi connectivity index (χ3n) is 3.23. The van der Waals surface area contributed by atoms with Crippen molar-refractivity contribution >= 4 is 11.6 Å². The van der Waals surface area contributed by atoms with E-state index >= 15 is 0 Å². The van der Waals surface area contributed by atoms with E-state index in [1.165, 1.54) is 5.56 Å². The van der Waals surface area contributed by atoms with E-state index < -0.39 is 0 Å². The highest BCUT2D eigenvalue weighted by Gasteiger charge is 2.02. The van der Waals surface area contributed by atoms with Crippen molar-refractivity contribution in [3.63, 3.8) is 0 Å². The number of hydrogen-bond donors (Lipinski definition) is 0. The summed E-state index contributed by atoms with van der Waals surface area (Å²) in [5.41, 5.74) is 1.17. The van der Waals surface area contributed by atoms with Gasteiger partial charge in [0.25, 0.3) is 0 Å². The maximum atomic E-state index is 5.84. The highest BCUT2D eigenvalue weighted by atomic mass is 35.5. The van der Waals surface area contributed by atoms with Crippen LogP contribution in [0.5, 0.6) is 11.6 Å². The standard InChI is InChI=1S/C17H21ClN2O2/c1-20(13-14-4-9-17(21-2)19-12-14)10-3-11-22-16-7-5-15(18)6-8-16/h4-9,12H,3,10-11,13H2,1-2H3. The molecule has 2 rings (SSSR count). The summed E-state index contributed by atoms with van der Waals surface area (Å²) < 4.78 is 10.7. The number of ether oxygens (including phenoxy) is 2. The van der Waals surface area contributed by atoms with Crippen LogP contribution in [0.15, 0.2) is 42.6 Å². The molecule has 0 radical (unpaired) electrons. The predicted octanol–water partition coefficient (Wildman–Crippen LogP) is 3.64. The summed E-state index contributed by atoms with van der Waals surface area (Å²) in [6, 6.07) is 11.4. The first-order chi connectivity index (χ1) is 10.7. The minimum absolute atomic E-state index is 0.641. The van der Waals surface area contributed by atoms with E-state index in [0.29, 0.717) is 12.5 Å². The van der Waals surface area contributed by atoms with Gasteiger partial charge in [-0.3, -0.25) is 0 Å². The van der Waals surface area contributed by atoms with Gasteiger partial charge < -0.3 is 14.4 Å². The van der Waals surface area contributed by atoms with Crippen LogP contribution in [-0.4, -0.2) is 37.2 Å². The minimum Gasteiger partial charge on any atom is -0.494 e. The zero-order valence-electron chi connectivity index (χ0n) is 13.0. The lowest BCUT2D eigenvalue weighted by molar-refractivity contribution is 0.258. The van der Waals surface area contributed by atoms with Crippen LogP contribution >= 0.6 is 11.6 Å². The summed E-state index contributed by atoms with van der Waals surface area (Å²) in [5, 5.41) is 0.722. The van der Waals surface area contributed by atoms with Gasteiger partial charge in [-0.2, -0.15) is 0 Å². The average molecular weight is 321 g/mol. The van der Waals surface area contributed by atoms with Gasteiger partial charge >= 0.3 is 0 Å². The summed E-state index contributed by atoms with van der Waals surface area (Å²) in [5.74, 6) is 1.49. The lowest BCUT2D eigenvalue weighted by Gasteiger charge is -2.16. The van der Waals surface area contributed by atoms with Crippen LogP contribution < -0.4 is 9.47 Å². The normalized spacial score (nSPS) is 10.7. The molecule has 0 amide bonds. The van der Waals surface area contributed by atoms with Gasteiger partial charge in [-0.05, 0) is 43.3 Å². The fourth-order valence-electron chi connectivity index (χ4n) is 2.07. The van der Waals surface area contributed by atoms with Crippen molar-refractivity contribution in [1.82, 2.24) is 9.88 Å². The van der Waals surface area contributed by atoms with Crippen LogP contribution in [0.2, 0.25) is 5.02 Å². The molecule has 0 saturated heterocycles. The van der Waals surface area contributed by atoms with Crippen molar-refractivity contribution in [2.45, 2.75) is 13.0 Å². The lowest BCUT2D eigenvalue weighted by atomic mass is 10.2. The Labute approximate surface area is 136 Å². The molecule has 1 aromatic carbocycles. The molecule has 0 bridgehead atoms. The minimum atomic E-state index is 0.641. The molecule has 0 saturated carbocycles. The molecule has 22 heavy (non-hydrogen) atoms. The highest BCUT2D eigenvalue weighted by Crippen LogP contribution is 2.15. The molecule has 4 nitrogen and oxygen atoms in total. The molecule has 0 unspecified atom stereocenters. The number of benzene rings is 1. The zero-order valence-corrected chi connectivity index (χ0v) is 13.7. The fraction of sp³-hybridized carbons (Fsp3) is 0.353. The van der Waals surface area contributed by atoms with Crippen LogP contribution in [0, 0.1) is 0 Å². The first kappa shape index (κ1) is 16.6. The summed E-state index contributed by atoms with van der Waals surface area (Å²) in [6.07, 6.45) is 2.81. The molecule has 0 spiro atoms. The van der Waals surface area contributed by atoms with Gasteiger partial charge in [0, 0.05) is 30.4 Å². The lowest BCUT2D eigenvalue weighted by Crippen LogP contribution is -2.20. The van der Waals surface area contributed by atoms with Crippen LogP contribution in [0.1, 0.15) is 12.0 Å². The molecule has 5 heteroatoms. The Morgan fingerprint density at radius 2 is 1.91 bits per heavy atom. The Balaban J connectivity index is 1.66. The summed E-state index contributed by atoms with van der Waals surface area (Å²) in [6.45, 7) is 2.50. The van der Waals surface area contributed by atoms with Gasteiger partial charge in [0.15, 0.2) is 0 Å². The Bertz CT molecular complexity index is 558. The van der Waals surface area contributed by atoms with Crippen LogP contribution in [0.4, 0.5) is 0 Å². The van der Waals surface area contributed by atoms with Crippen LogP contribution in [0.25, 0.3) is 0 Å². The molecule has 0 N–H and O–H groups in total. The van der Waals surface area contributed by atoms with E-state index in [1.807, 2.05) is 42.6 Å². The fourth-order valence-corrected chi connectivity index (χ4v) is 2.20. The molecule has 0 fully saturated rings. The Kier molecular flexibility index (Phi) is 6.49. The third kappa shape index (κ3) is 5.54. The molecule has 0 atom stereocenters. The quantitative estimate of drug-likeness (QED) is 0.695. The number of halogens is 1. The largest absolute Gasteiger partial charge is 0.494 e. The van der Waals surface area contributed by atoms with E-state index in [4.69, 9.17) is 21.1 Å². The first-order valence-electron chi connectivity index (χ1n) is 7.23. The van der Waals surface area contributed by atoms with E-state index in [1.54, 1.807) is 7.11 Å². The number of nitrogens with zero attached hydrogens (tertiary/aromatic N) is 2. The van der Waals surface area contributed by atoms with E-state index in [2.05, 4.69) is 16.9 Å². The van der Waals surface area contributed by atoms with Crippen molar-refractivity contribution in [1.29, 1.82) is 0 Å². The second kappa shape index (κ2) is 8.61. The smallest absolute Gasteiger partial charge is 0.212 e. The second-order valence-electron chi connectivity index (χ2n) is 5.10. The average Bonchev–Trinajstić information content (AvgIpc) is 2.54. The van der Waals surface area contributed by atoms with Crippen molar-refractivity contribution in [3.8, 4) is 11.6 Å². The SMILES string of the molecule is COc1ccc(CN(C)CCCOc2ccc(Cl)cc2)cn1. The van der Waals surface area contributed by atoms with Crippen molar-refractivity contribution in [2.75, 3.05) is 27.3 Å². The van der Waals surface area contributed by atoms with Crippen molar-refractivity contribution in [3.05, 3.63) is 53.2 Å². The summed E-state index contributed by atoms with van der Waals surface area (Å²) in [7, 11) is 3.71. The van der Waals surface area contributed by atoms with Crippen molar-refractivity contribution in [2.24, 2.45) is 0 Å². The van der Waals surface area contributed by atoms with Gasteiger partial charge in [0.05, 0.1) is 13.7 Å². The van der Waals surface area contributed by atoms with Crippen molar-refractivity contribution < 1.29 is 9.47 Å². The maximum Gasteiger partial charge on any atom is 0.212 e. The molecule has 1 heterocycles. The molecule has 0 aliphatic carbocycles. The molecular formula is C17H21ClN2O2. The first-order valence-corrected chi connectivity index (χ1v) is 7.61. The molecule has 0 aliphatic heterocycles. The van der Waals surface area contributed by atoms with E-state index in [9.17, 15) is 0 Å². The van der Waals surface area contributed by atoms with E-state index in [0.717, 1.165) is 30.3 Å². The van der Waals surface area contributed by atoms with Gasteiger partial charge in [0.1, 0.15) is 5.75 Å². The maximum absolute atomic E-state index is 5.84. The molecule has 2 aromatic rings. The van der Waals surface area contributed by atoms with Gasteiger partial charge in [-0.15, -0.1) is 0 Å². The van der Waals surface area contributed by atoms with E-state index in [-0.39, 0.29) is 0 Å². The number of rotatable bonds is 8. The number of pyridine rings is 1. The molecular weight excluding hydrogens is 300 g/mol. The highest BCUT2D eigenvalue weighted by molar-refractivity contribution is 6.30. The van der Waals surface area contributed by atoms with Gasteiger partial charge in [0.2, 0.25) is 5.88 Å². The molecule has 0 aliphatic rings. The number of aromatic nitrogens is 1. The molecule has 118 valence electrons. The Hall–Kier alpha value is -1.78. The Morgan fingerprint density at radius 1 is 1.14 bits per heavy atom. The summed E-state index contributed by atoms with van der Waals surface area (Å²) in [4.78, 5) is 6.45. The van der Waals surface area contributed by atoms with Crippen LogP contribution in [-0.2, 0) is 6.54 Å². The zero-order chi connectivity index (χ0) is 15.8. The monoisotopic (exact) mass is 320 g/mol. The number of hydrogen-bond acceptors (Lipinski definition) is 4.